The highest BCUT2D eigenvalue weighted by atomic mass is 79.9. The molecule has 1 aliphatic heterocycles. The molecule has 0 aliphatic carbocycles. The summed E-state index contributed by atoms with van der Waals surface area (Å²) >= 11 is 3.46. The number of hydrogen-bond acceptors (Lipinski definition) is 3. The van der Waals surface area contributed by atoms with Crippen LogP contribution in [0.3, 0.4) is 0 Å². The summed E-state index contributed by atoms with van der Waals surface area (Å²) in [6, 6.07) is 5.92. The van der Waals surface area contributed by atoms with Gasteiger partial charge >= 0.3 is 0 Å². The number of nitrogens with zero attached hydrogens (tertiary/aromatic N) is 1. The zero-order chi connectivity index (χ0) is 11.5. The first-order valence-electron chi connectivity index (χ1n) is 5.62. The lowest BCUT2D eigenvalue weighted by Gasteiger charge is -2.14. The summed E-state index contributed by atoms with van der Waals surface area (Å²) in [5.41, 5.74) is 7.75. The molecule has 16 heavy (non-hydrogen) atoms. The fourth-order valence-electron chi connectivity index (χ4n) is 2.13. The maximum absolute atomic E-state index is 5.91. The Bertz CT molecular complexity index is 367. The number of halogens is 1. The van der Waals surface area contributed by atoms with Crippen molar-refractivity contribution in [1.82, 2.24) is 4.90 Å². The second-order valence-corrected chi connectivity index (χ2v) is 5.45. The van der Waals surface area contributed by atoms with Gasteiger partial charge in [0, 0.05) is 17.6 Å². The Morgan fingerprint density at radius 1 is 1.56 bits per heavy atom. The molecule has 1 atom stereocenters. The smallest absolute Gasteiger partial charge is 0.0585 e. The van der Waals surface area contributed by atoms with Crippen molar-refractivity contribution < 1.29 is 0 Å². The molecule has 1 saturated heterocycles. The summed E-state index contributed by atoms with van der Waals surface area (Å²) in [7, 11) is 2.17. The van der Waals surface area contributed by atoms with E-state index in [0.29, 0.717) is 0 Å². The van der Waals surface area contributed by atoms with Crippen molar-refractivity contribution >= 4 is 27.3 Å². The normalized spacial score (nSPS) is 21.2. The van der Waals surface area contributed by atoms with E-state index in [4.69, 9.17) is 5.73 Å². The Hall–Kier alpha value is -0.740. The van der Waals surface area contributed by atoms with Gasteiger partial charge in [-0.05, 0) is 44.1 Å². The number of nitrogens with one attached hydrogen (secondary N) is 1. The Balaban J connectivity index is 1.91. The Kier molecular flexibility index (Phi) is 3.71. The predicted octanol–water partition coefficient (Wildman–Crippen LogP) is 2.39. The molecule has 88 valence electrons. The van der Waals surface area contributed by atoms with E-state index >= 15 is 0 Å². The SMILES string of the molecule is CN1CCC(CNc2cc(Br)ccc2N)C1. The van der Waals surface area contributed by atoms with Crippen molar-refractivity contribution in [2.45, 2.75) is 6.42 Å². The second-order valence-electron chi connectivity index (χ2n) is 4.53. The maximum atomic E-state index is 5.91. The minimum Gasteiger partial charge on any atom is -0.397 e. The van der Waals surface area contributed by atoms with Gasteiger partial charge in [-0.15, -0.1) is 0 Å². The molecule has 1 aromatic carbocycles. The summed E-state index contributed by atoms with van der Waals surface area (Å²) in [5.74, 6) is 0.739. The lowest BCUT2D eigenvalue weighted by molar-refractivity contribution is 0.399. The molecule has 1 aliphatic rings. The van der Waals surface area contributed by atoms with Crippen LogP contribution < -0.4 is 11.1 Å². The fraction of sp³-hybridized carbons (Fsp3) is 0.500. The Morgan fingerprint density at radius 3 is 3.06 bits per heavy atom. The lowest BCUT2D eigenvalue weighted by atomic mass is 10.1. The van der Waals surface area contributed by atoms with Crippen molar-refractivity contribution in [3.8, 4) is 0 Å². The number of hydrogen-bond donors (Lipinski definition) is 2. The lowest BCUT2D eigenvalue weighted by Crippen LogP contribution is -2.19. The summed E-state index contributed by atoms with van der Waals surface area (Å²) in [6.07, 6.45) is 1.28. The second kappa shape index (κ2) is 5.06. The molecule has 0 bridgehead atoms. The van der Waals surface area contributed by atoms with Gasteiger partial charge in [0.05, 0.1) is 11.4 Å². The number of likely N-dealkylation sites (tertiary alicyclic amines) is 1. The molecule has 0 spiro atoms. The van der Waals surface area contributed by atoms with E-state index in [1.807, 2.05) is 18.2 Å². The Labute approximate surface area is 105 Å². The highest BCUT2D eigenvalue weighted by Gasteiger charge is 2.19. The molecule has 1 fully saturated rings. The van der Waals surface area contributed by atoms with Crippen molar-refractivity contribution in [1.29, 1.82) is 0 Å². The van der Waals surface area contributed by atoms with E-state index in [1.54, 1.807) is 0 Å². The molecular weight excluding hydrogens is 266 g/mol. The standard InChI is InChI=1S/C12H18BrN3/c1-16-5-4-9(8-16)7-15-12-6-10(13)2-3-11(12)14/h2-3,6,9,15H,4-5,7-8,14H2,1H3. The number of benzene rings is 1. The van der Waals surface area contributed by atoms with Gasteiger partial charge in [-0.1, -0.05) is 15.9 Å². The summed E-state index contributed by atoms with van der Waals surface area (Å²) in [6.45, 7) is 3.40. The Morgan fingerprint density at radius 2 is 2.38 bits per heavy atom. The number of rotatable bonds is 3. The van der Waals surface area contributed by atoms with Crippen LogP contribution in [0.25, 0.3) is 0 Å². The van der Waals surface area contributed by atoms with Gasteiger partial charge in [-0.2, -0.15) is 0 Å². The van der Waals surface area contributed by atoms with Crippen molar-refractivity contribution in [3.05, 3.63) is 22.7 Å². The van der Waals surface area contributed by atoms with E-state index in [2.05, 4.69) is 33.2 Å². The largest absolute Gasteiger partial charge is 0.397 e. The summed E-state index contributed by atoms with van der Waals surface area (Å²) in [5, 5.41) is 3.43. The molecule has 3 N–H and O–H groups in total. The third kappa shape index (κ3) is 2.89. The fourth-order valence-corrected chi connectivity index (χ4v) is 2.49. The van der Waals surface area contributed by atoms with Crippen molar-refractivity contribution in [3.63, 3.8) is 0 Å². The quantitative estimate of drug-likeness (QED) is 0.837. The van der Waals surface area contributed by atoms with Gasteiger partial charge in [0.15, 0.2) is 0 Å². The van der Waals surface area contributed by atoms with Gasteiger partial charge in [0.1, 0.15) is 0 Å². The molecule has 1 heterocycles. The van der Waals surface area contributed by atoms with Gasteiger partial charge < -0.3 is 16.0 Å². The third-order valence-corrected chi connectivity index (χ3v) is 3.58. The van der Waals surface area contributed by atoms with E-state index in [0.717, 1.165) is 28.3 Å². The monoisotopic (exact) mass is 283 g/mol. The minimum atomic E-state index is 0.739. The van der Waals surface area contributed by atoms with E-state index in [9.17, 15) is 0 Å². The molecule has 1 aromatic rings. The van der Waals surface area contributed by atoms with Crippen LogP contribution in [-0.2, 0) is 0 Å². The van der Waals surface area contributed by atoms with Gasteiger partial charge in [-0.3, -0.25) is 0 Å². The van der Waals surface area contributed by atoms with Crippen LogP contribution >= 0.6 is 15.9 Å². The van der Waals surface area contributed by atoms with Crippen LogP contribution in [0.5, 0.6) is 0 Å². The van der Waals surface area contributed by atoms with Crippen molar-refractivity contribution in [2.24, 2.45) is 5.92 Å². The topological polar surface area (TPSA) is 41.3 Å². The van der Waals surface area contributed by atoms with E-state index in [1.165, 1.54) is 19.5 Å². The van der Waals surface area contributed by atoms with Crippen LogP contribution in [-0.4, -0.2) is 31.6 Å². The average Bonchev–Trinajstić information content (AvgIpc) is 2.66. The van der Waals surface area contributed by atoms with Gasteiger partial charge in [-0.25, -0.2) is 0 Å². The van der Waals surface area contributed by atoms with Gasteiger partial charge in [0.25, 0.3) is 0 Å². The van der Waals surface area contributed by atoms with E-state index in [-0.39, 0.29) is 0 Å². The van der Waals surface area contributed by atoms with Crippen LogP contribution in [0.15, 0.2) is 22.7 Å². The average molecular weight is 284 g/mol. The van der Waals surface area contributed by atoms with Crippen LogP contribution in [0.2, 0.25) is 0 Å². The first-order valence-corrected chi connectivity index (χ1v) is 6.42. The zero-order valence-corrected chi connectivity index (χ0v) is 11.1. The molecule has 0 aromatic heterocycles. The molecule has 3 nitrogen and oxygen atoms in total. The molecule has 0 saturated carbocycles. The molecule has 1 unspecified atom stereocenters. The first-order chi connectivity index (χ1) is 7.65. The molecule has 0 amide bonds. The van der Waals surface area contributed by atoms with Crippen LogP contribution in [0.1, 0.15) is 6.42 Å². The number of nitrogens with two attached hydrogens (primary N) is 1. The van der Waals surface area contributed by atoms with Crippen molar-refractivity contribution in [2.75, 3.05) is 37.7 Å². The van der Waals surface area contributed by atoms with Gasteiger partial charge in [0.2, 0.25) is 0 Å². The maximum Gasteiger partial charge on any atom is 0.0585 e. The summed E-state index contributed by atoms with van der Waals surface area (Å²) in [4.78, 5) is 2.37. The number of anilines is 2. The molecule has 4 heteroatoms. The molecular formula is C12H18BrN3. The van der Waals surface area contributed by atoms with E-state index < -0.39 is 0 Å². The molecule has 0 radical (unpaired) electrons. The van der Waals surface area contributed by atoms with Crippen LogP contribution in [0, 0.1) is 5.92 Å². The third-order valence-electron chi connectivity index (χ3n) is 3.09. The van der Waals surface area contributed by atoms with Crippen LogP contribution in [0.4, 0.5) is 11.4 Å². The zero-order valence-electron chi connectivity index (χ0n) is 9.54. The first kappa shape index (κ1) is 11.7. The highest BCUT2D eigenvalue weighted by Crippen LogP contribution is 2.24. The molecule has 2 rings (SSSR count). The highest BCUT2D eigenvalue weighted by molar-refractivity contribution is 9.10. The minimum absolute atomic E-state index is 0.739. The summed E-state index contributed by atoms with van der Waals surface area (Å²) < 4.78 is 1.06. The number of nitrogen functional groups attached to an aromatic ring is 1. The predicted molar refractivity (Wildman–Crippen MR) is 72.6 cm³/mol.